The van der Waals surface area contributed by atoms with Crippen LogP contribution in [0.5, 0.6) is 0 Å². The number of hydrogen-bond donors (Lipinski definition) is 1. The topological polar surface area (TPSA) is 72.7 Å². The summed E-state index contributed by atoms with van der Waals surface area (Å²) in [5.74, 6) is -1.47. The molecule has 0 bridgehead atoms. The third kappa shape index (κ3) is 4.79. The number of pyridine rings is 1. The van der Waals surface area contributed by atoms with Gasteiger partial charge in [-0.05, 0) is 48.9 Å². The maximum atomic E-state index is 13.4. The molecule has 0 radical (unpaired) electrons. The summed E-state index contributed by atoms with van der Waals surface area (Å²) in [6, 6.07) is 11.9. The van der Waals surface area contributed by atoms with Gasteiger partial charge in [0.25, 0.3) is 0 Å². The van der Waals surface area contributed by atoms with Gasteiger partial charge >= 0.3 is 0 Å². The van der Waals surface area contributed by atoms with E-state index in [1.807, 2.05) is 23.6 Å². The number of amides is 1. The average Bonchev–Trinajstić information content (AvgIpc) is 3.18. The van der Waals surface area contributed by atoms with Crippen LogP contribution in [0.4, 0.5) is 14.5 Å². The van der Waals surface area contributed by atoms with Gasteiger partial charge in [0.15, 0.2) is 11.0 Å². The number of nitrogens with one attached hydrogen (secondary N) is 1. The Labute approximate surface area is 191 Å². The summed E-state index contributed by atoms with van der Waals surface area (Å²) in [4.78, 5) is 16.4. The molecule has 2 aromatic carbocycles. The first-order valence-corrected chi connectivity index (χ1v) is 10.8. The van der Waals surface area contributed by atoms with Gasteiger partial charge in [-0.3, -0.25) is 14.3 Å². The van der Waals surface area contributed by atoms with E-state index in [9.17, 15) is 13.6 Å². The molecule has 162 valence electrons. The molecule has 10 heteroatoms. The molecule has 0 spiro atoms. The van der Waals surface area contributed by atoms with Crippen LogP contribution < -0.4 is 5.32 Å². The number of nitrogens with zero attached hydrogens (tertiary/aromatic N) is 4. The third-order valence-corrected chi connectivity index (χ3v) is 5.87. The number of carbonyl (C=O) groups excluding carboxylic acids is 1. The Balaban J connectivity index is 1.63. The second kappa shape index (κ2) is 9.46. The van der Waals surface area contributed by atoms with Crippen molar-refractivity contribution in [2.75, 3.05) is 11.1 Å². The molecule has 4 aromatic rings. The quantitative estimate of drug-likeness (QED) is 0.386. The van der Waals surface area contributed by atoms with Gasteiger partial charge in [-0.25, -0.2) is 8.78 Å². The standard InChI is InChI=1S/C22H16ClF2N5OS/c1-13-18(23)3-2-4-19(13)30-21(14-5-7-26-8-6-14)28-29-22(30)32-12-20(31)27-17-10-15(24)9-16(25)11-17/h2-11H,12H2,1H3,(H,27,31). The van der Waals surface area contributed by atoms with Crippen molar-refractivity contribution in [1.82, 2.24) is 19.7 Å². The summed E-state index contributed by atoms with van der Waals surface area (Å²) in [5.41, 5.74) is 2.42. The van der Waals surface area contributed by atoms with Crippen molar-refractivity contribution in [2.45, 2.75) is 12.1 Å². The van der Waals surface area contributed by atoms with E-state index >= 15 is 0 Å². The summed E-state index contributed by atoms with van der Waals surface area (Å²) >= 11 is 7.47. The predicted molar refractivity (Wildman–Crippen MR) is 120 cm³/mol. The molecule has 0 fully saturated rings. The van der Waals surface area contributed by atoms with Crippen LogP contribution in [0.25, 0.3) is 17.1 Å². The van der Waals surface area contributed by atoms with Crippen LogP contribution in [-0.2, 0) is 4.79 Å². The summed E-state index contributed by atoms with van der Waals surface area (Å²) in [7, 11) is 0. The van der Waals surface area contributed by atoms with E-state index in [0.717, 1.165) is 46.8 Å². The zero-order chi connectivity index (χ0) is 22.7. The summed E-state index contributed by atoms with van der Waals surface area (Å²) < 4.78 is 28.6. The first kappa shape index (κ1) is 21.9. The lowest BCUT2D eigenvalue weighted by Crippen LogP contribution is -2.15. The molecule has 0 unspecified atom stereocenters. The highest BCUT2D eigenvalue weighted by atomic mass is 35.5. The SMILES string of the molecule is Cc1c(Cl)cccc1-n1c(SCC(=O)Nc2cc(F)cc(F)c2)nnc1-c1ccncc1. The van der Waals surface area contributed by atoms with Crippen LogP contribution in [0.15, 0.2) is 66.1 Å². The Kier molecular flexibility index (Phi) is 6.48. The number of anilines is 1. The monoisotopic (exact) mass is 471 g/mol. The van der Waals surface area contributed by atoms with Crippen molar-refractivity contribution in [3.05, 3.63) is 83.1 Å². The minimum atomic E-state index is -0.772. The first-order valence-electron chi connectivity index (χ1n) is 9.42. The van der Waals surface area contributed by atoms with Crippen molar-refractivity contribution in [3.8, 4) is 17.1 Å². The van der Waals surface area contributed by atoms with Gasteiger partial charge in [-0.1, -0.05) is 29.4 Å². The van der Waals surface area contributed by atoms with Gasteiger partial charge in [0, 0.05) is 34.7 Å². The lowest BCUT2D eigenvalue weighted by molar-refractivity contribution is -0.113. The van der Waals surface area contributed by atoms with Crippen LogP contribution >= 0.6 is 23.4 Å². The van der Waals surface area contributed by atoms with Crippen LogP contribution in [0.3, 0.4) is 0 Å². The van der Waals surface area contributed by atoms with E-state index < -0.39 is 17.5 Å². The Hall–Kier alpha value is -3.30. The van der Waals surface area contributed by atoms with Crippen molar-refractivity contribution in [2.24, 2.45) is 0 Å². The van der Waals surface area contributed by atoms with E-state index in [0.29, 0.717) is 16.0 Å². The molecule has 2 aromatic heterocycles. The van der Waals surface area contributed by atoms with Crippen LogP contribution in [0.2, 0.25) is 5.02 Å². The van der Waals surface area contributed by atoms with E-state index in [1.165, 1.54) is 0 Å². The van der Waals surface area contributed by atoms with Crippen molar-refractivity contribution in [1.29, 1.82) is 0 Å². The lowest BCUT2D eigenvalue weighted by Gasteiger charge is -2.14. The zero-order valence-corrected chi connectivity index (χ0v) is 18.3. The Bertz CT molecular complexity index is 1260. The maximum Gasteiger partial charge on any atom is 0.234 e. The van der Waals surface area contributed by atoms with Gasteiger partial charge in [0.1, 0.15) is 11.6 Å². The van der Waals surface area contributed by atoms with Crippen LogP contribution in [0.1, 0.15) is 5.56 Å². The molecule has 2 heterocycles. The average molecular weight is 472 g/mol. The molecular weight excluding hydrogens is 456 g/mol. The number of halogens is 3. The molecule has 0 aliphatic heterocycles. The number of hydrogen-bond acceptors (Lipinski definition) is 5. The number of rotatable bonds is 6. The minimum Gasteiger partial charge on any atom is -0.325 e. The molecule has 6 nitrogen and oxygen atoms in total. The van der Waals surface area contributed by atoms with Gasteiger partial charge in [0.2, 0.25) is 5.91 Å². The fourth-order valence-electron chi connectivity index (χ4n) is 3.06. The fraction of sp³-hybridized carbons (Fsp3) is 0.0909. The summed E-state index contributed by atoms with van der Waals surface area (Å²) in [5, 5.41) is 12.1. The summed E-state index contributed by atoms with van der Waals surface area (Å²) in [6.07, 6.45) is 3.30. The smallest absolute Gasteiger partial charge is 0.234 e. The van der Waals surface area contributed by atoms with Gasteiger partial charge in [-0.2, -0.15) is 0 Å². The van der Waals surface area contributed by atoms with E-state index in [2.05, 4.69) is 20.5 Å². The first-order chi connectivity index (χ1) is 15.4. The Morgan fingerprint density at radius 1 is 1.09 bits per heavy atom. The molecule has 0 atom stereocenters. The van der Waals surface area contributed by atoms with Gasteiger partial charge in [-0.15, -0.1) is 10.2 Å². The highest BCUT2D eigenvalue weighted by Gasteiger charge is 2.19. The number of carbonyl (C=O) groups is 1. The molecule has 4 rings (SSSR count). The number of benzene rings is 2. The van der Waals surface area contributed by atoms with Crippen molar-refractivity contribution < 1.29 is 13.6 Å². The van der Waals surface area contributed by atoms with Gasteiger partial charge in [0.05, 0.1) is 11.4 Å². The predicted octanol–water partition coefficient (Wildman–Crippen LogP) is 5.30. The molecule has 0 aliphatic rings. The molecule has 1 N–H and O–H groups in total. The van der Waals surface area contributed by atoms with Crippen molar-refractivity contribution >= 4 is 35.0 Å². The van der Waals surface area contributed by atoms with Crippen LogP contribution in [-0.4, -0.2) is 31.4 Å². The van der Waals surface area contributed by atoms with Gasteiger partial charge < -0.3 is 5.32 Å². The van der Waals surface area contributed by atoms with Crippen LogP contribution in [0, 0.1) is 18.6 Å². The molecule has 0 saturated carbocycles. The summed E-state index contributed by atoms with van der Waals surface area (Å²) in [6.45, 7) is 1.88. The Morgan fingerprint density at radius 2 is 1.81 bits per heavy atom. The Morgan fingerprint density at radius 3 is 2.53 bits per heavy atom. The highest BCUT2D eigenvalue weighted by molar-refractivity contribution is 7.99. The number of thioether (sulfide) groups is 1. The molecular formula is C22H16ClF2N5OS. The second-order valence-corrected chi connectivity index (χ2v) is 8.11. The number of aromatic nitrogens is 4. The lowest BCUT2D eigenvalue weighted by atomic mass is 10.2. The molecule has 0 aliphatic carbocycles. The molecule has 32 heavy (non-hydrogen) atoms. The highest BCUT2D eigenvalue weighted by Crippen LogP contribution is 2.31. The van der Waals surface area contributed by atoms with E-state index in [1.54, 1.807) is 30.6 Å². The zero-order valence-electron chi connectivity index (χ0n) is 16.7. The molecule has 1 amide bonds. The van der Waals surface area contributed by atoms with E-state index in [-0.39, 0.29) is 11.4 Å². The minimum absolute atomic E-state index is 0.0396. The maximum absolute atomic E-state index is 13.4. The van der Waals surface area contributed by atoms with Crippen molar-refractivity contribution in [3.63, 3.8) is 0 Å². The normalized spacial score (nSPS) is 10.9. The molecule has 0 saturated heterocycles. The third-order valence-electron chi connectivity index (χ3n) is 4.53. The largest absolute Gasteiger partial charge is 0.325 e. The fourth-order valence-corrected chi connectivity index (χ4v) is 3.97. The van der Waals surface area contributed by atoms with E-state index in [4.69, 9.17) is 11.6 Å². The second-order valence-electron chi connectivity index (χ2n) is 6.76.